The molecule has 0 saturated heterocycles. The minimum absolute atomic E-state index is 0.491. The van der Waals surface area contributed by atoms with E-state index in [0.29, 0.717) is 13.2 Å². The van der Waals surface area contributed by atoms with Gasteiger partial charge in [0.1, 0.15) is 0 Å². The van der Waals surface area contributed by atoms with Crippen LogP contribution in [0.5, 0.6) is 0 Å². The lowest BCUT2D eigenvalue weighted by Crippen LogP contribution is -2.09. The zero-order chi connectivity index (χ0) is 16.3. The number of hydrogen-bond acceptors (Lipinski definition) is 3. The number of ether oxygens (including phenoxy) is 2. The second kappa shape index (κ2) is 18.3. The zero-order valence-electron chi connectivity index (χ0n) is 15.0. The minimum atomic E-state index is -0.497. The number of unbranched alkanes of at least 4 members (excludes halogenated alkanes) is 12. The van der Waals surface area contributed by atoms with Crippen LogP contribution in [0.15, 0.2) is 0 Å². The highest BCUT2D eigenvalue weighted by molar-refractivity contribution is 5.59. The van der Waals surface area contributed by atoms with Crippen molar-refractivity contribution in [3.05, 3.63) is 0 Å². The van der Waals surface area contributed by atoms with Gasteiger partial charge in [-0.15, -0.1) is 0 Å². The molecule has 0 saturated carbocycles. The highest BCUT2D eigenvalue weighted by Crippen LogP contribution is 2.11. The Morgan fingerprint density at radius 1 is 0.545 bits per heavy atom. The topological polar surface area (TPSA) is 35.5 Å². The Hall–Kier alpha value is -0.730. The molecular formula is C19H38O3. The highest BCUT2D eigenvalue weighted by atomic mass is 16.7. The second-order valence-corrected chi connectivity index (χ2v) is 6.19. The summed E-state index contributed by atoms with van der Waals surface area (Å²) in [5.41, 5.74) is 0. The molecule has 0 aliphatic carbocycles. The Labute approximate surface area is 138 Å². The molecule has 0 heterocycles. The van der Waals surface area contributed by atoms with Crippen LogP contribution in [0.4, 0.5) is 4.79 Å². The fourth-order valence-corrected chi connectivity index (χ4v) is 2.47. The standard InChI is InChI=1S/C19H38O3/c1-3-5-7-8-9-10-11-12-13-14-16-18-22-19(20)21-17-15-6-4-2/h3-18H2,1-2H3. The molecule has 0 bridgehead atoms. The quantitative estimate of drug-likeness (QED) is 0.236. The van der Waals surface area contributed by atoms with Gasteiger partial charge < -0.3 is 9.47 Å². The number of hydrogen-bond donors (Lipinski definition) is 0. The lowest BCUT2D eigenvalue weighted by atomic mass is 10.1. The van der Waals surface area contributed by atoms with Crippen LogP contribution in [0.1, 0.15) is 104 Å². The zero-order valence-corrected chi connectivity index (χ0v) is 15.0. The summed E-state index contributed by atoms with van der Waals surface area (Å²) in [5, 5.41) is 0. The van der Waals surface area contributed by atoms with Crippen LogP contribution >= 0.6 is 0 Å². The van der Waals surface area contributed by atoms with Crippen molar-refractivity contribution < 1.29 is 14.3 Å². The number of rotatable bonds is 16. The number of carbonyl (C=O) groups excluding carboxylic acids is 1. The van der Waals surface area contributed by atoms with Gasteiger partial charge in [0.25, 0.3) is 0 Å². The van der Waals surface area contributed by atoms with Crippen LogP contribution < -0.4 is 0 Å². The predicted octanol–water partition coefficient (Wildman–Crippen LogP) is 6.64. The molecule has 0 spiro atoms. The van der Waals surface area contributed by atoms with Crippen LogP contribution in [0, 0.1) is 0 Å². The first-order valence-corrected chi connectivity index (χ1v) is 9.60. The van der Waals surface area contributed by atoms with E-state index in [9.17, 15) is 4.79 Å². The molecule has 3 heteroatoms. The van der Waals surface area contributed by atoms with Gasteiger partial charge >= 0.3 is 6.16 Å². The molecule has 0 aliphatic rings. The van der Waals surface area contributed by atoms with Crippen molar-refractivity contribution in [2.75, 3.05) is 13.2 Å². The molecule has 0 aromatic rings. The molecule has 0 amide bonds. The Bertz CT molecular complexity index is 229. The summed E-state index contributed by atoms with van der Waals surface area (Å²) in [6, 6.07) is 0. The fourth-order valence-electron chi connectivity index (χ4n) is 2.47. The van der Waals surface area contributed by atoms with E-state index in [0.717, 1.165) is 32.1 Å². The van der Waals surface area contributed by atoms with Gasteiger partial charge in [-0.2, -0.15) is 0 Å². The van der Waals surface area contributed by atoms with Gasteiger partial charge in [0, 0.05) is 0 Å². The first kappa shape index (κ1) is 21.3. The van der Waals surface area contributed by atoms with Crippen LogP contribution in [-0.4, -0.2) is 19.4 Å². The summed E-state index contributed by atoms with van der Waals surface area (Å²) >= 11 is 0. The van der Waals surface area contributed by atoms with E-state index < -0.39 is 6.16 Å². The maximum atomic E-state index is 11.2. The molecule has 0 fully saturated rings. The SMILES string of the molecule is CCCCCCCCCCCCCOC(=O)OCCCCC. The van der Waals surface area contributed by atoms with E-state index in [-0.39, 0.29) is 0 Å². The third kappa shape index (κ3) is 17.3. The van der Waals surface area contributed by atoms with Crippen molar-refractivity contribution in [3.8, 4) is 0 Å². The van der Waals surface area contributed by atoms with E-state index in [1.807, 2.05) is 0 Å². The third-order valence-electron chi connectivity index (χ3n) is 3.94. The summed E-state index contributed by atoms with van der Waals surface area (Å²) < 4.78 is 10.0. The van der Waals surface area contributed by atoms with Crippen molar-refractivity contribution in [1.82, 2.24) is 0 Å². The largest absolute Gasteiger partial charge is 0.508 e. The third-order valence-corrected chi connectivity index (χ3v) is 3.94. The summed E-state index contributed by atoms with van der Waals surface area (Å²) in [4.78, 5) is 11.2. The van der Waals surface area contributed by atoms with Crippen molar-refractivity contribution >= 4 is 6.16 Å². The summed E-state index contributed by atoms with van der Waals surface area (Å²) in [6.45, 7) is 5.38. The summed E-state index contributed by atoms with van der Waals surface area (Å²) in [5.74, 6) is 0. The van der Waals surface area contributed by atoms with Gasteiger partial charge in [0.05, 0.1) is 13.2 Å². The summed E-state index contributed by atoms with van der Waals surface area (Å²) in [6.07, 6.45) is 17.0. The van der Waals surface area contributed by atoms with E-state index in [4.69, 9.17) is 9.47 Å². The molecule has 0 atom stereocenters. The van der Waals surface area contributed by atoms with Crippen LogP contribution in [0.2, 0.25) is 0 Å². The molecule has 132 valence electrons. The average molecular weight is 315 g/mol. The van der Waals surface area contributed by atoms with Gasteiger partial charge in [-0.25, -0.2) is 4.79 Å². The maximum Gasteiger partial charge on any atom is 0.508 e. The van der Waals surface area contributed by atoms with E-state index in [1.54, 1.807) is 0 Å². The van der Waals surface area contributed by atoms with Crippen molar-refractivity contribution in [2.24, 2.45) is 0 Å². The van der Waals surface area contributed by atoms with Crippen LogP contribution in [0.3, 0.4) is 0 Å². The molecule has 0 unspecified atom stereocenters. The van der Waals surface area contributed by atoms with Crippen molar-refractivity contribution in [3.63, 3.8) is 0 Å². The van der Waals surface area contributed by atoms with Crippen LogP contribution in [-0.2, 0) is 9.47 Å². The minimum Gasteiger partial charge on any atom is -0.434 e. The lowest BCUT2D eigenvalue weighted by Gasteiger charge is -2.06. The normalized spacial score (nSPS) is 10.6. The predicted molar refractivity (Wildman–Crippen MR) is 93.3 cm³/mol. The Morgan fingerprint density at radius 3 is 1.32 bits per heavy atom. The van der Waals surface area contributed by atoms with Gasteiger partial charge in [-0.1, -0.05) is 90.9 Å². The van der Waals surface area contributed by atoms with E-state index in [2.05, 4.69) is 13.8 Å². The summed E-state index contributed by atoms with van der Waals surface area (Å²) in [7, 11) is 0. The Morgan fingerprint density at radius 2 is 0.864 bits per heavy atom. The molecule has 0 rings (SSSR count). The molecule has 0 N–H and O–H groups in total. The monoisotopic (exact) mass is 314 g/mol. The molecule has 0 aliphatic heterocycles. The number of carbonyl (C=O) groups is 1. The first-order chi connectivity index (χ1) is 10.8. The Balaban J connectivity index is 3.08. The molecule has 0 radical (unpaired) electrons. The maximum absolute atomic E-state index is 11.2. The first-order valence-electron chi connectivity index (χ1n) is 9.60. The van der Waals surface area contributed by atoms with Gasteiger partial charge in [0.15, 0.2) is 0 Å². The molecule has 0 aromatic heterocycles. The van der Waals surface area contributed by atoms with Gasteiger partial charge in [0.2, 0.25) is 0 Å². The van der Waals surface area contributed by atoms with Gasteiger partial charge in [-0.05, 0) is 12.8 Å². The smallest absolute Gasteiger partial charge is 0.434 e. The average Bonchev–Trinajstić information content (AvgIpc) is 2.52. The molecular weight excluding hydrogens is 276 g/mol. The van der Waals surface area contributed by atoms with Gasteiger partial charge in [-0.3, -0.25) is 0 Å². The highest BCUT2D eigenvalue weighted by Gasteiger charge is 2.02. The molecule has 22 heavy (non-hydrogen) atoms. The molecule has 3 nitrogen and oxygen atoms in total. The van der Waals surface area contributed by atoms with E-state index >= 15 is 0 Å². The Kier molecular flexibility index (Phi) is 17.7. The van der Waals surface area contributed by atoms with Crippen molar-refractivity contribution in [2.45, 2.75) is 104 Å². The lowest BCUT2D eigenvalue weighted by molar-refractivity contribution is 0.0530. The molecule has 0 aromatic carbocycles. The van der Waals surface area contributed by atoms with Crippen LogP contribution in [0.25, 0.3) is 0 Å². The second-order valence-electron chi connectivity index (χ2n) is 6.19. The van der Waals surface area contributed by atoms with E-state index in [1.165, 1.54) is 57.8 Å². The fraction of sp³-hybridized carbons (Fsp3) is 0.947. The van der Waals surface area contributed by atoms with Crippen molar-refractivity contribution in [1.29, 1.82) is 0 Å².